The van der Waals surface area contributed by atoms with Crippen molar-refractivity contribution in [2.75, 3.05) is 5.32 Å². The Labute approximate surface area is 159 Å². The van der Waals surface area contributed by atoms with Gasteiger partial charge >= 0.3 is 0 Å². The predicted molar refractivity (Wildman–Crippen MR) is 104 cm³/mol. The lowest BCUT2D eigenvalue weighted by Crippen LogP contribution is -2.22. The summed E-state index contributed by atoms with van der Waals surface area (Å²) in [5.41, 5.74) is 1.25. The molecule has 0 bridgehead atoms. The lowest BCUT2D eigenvalue weighted by Gasteiger charge is -2.24. The molecule has 7 heteroatoms. The second kappa shape index (κ2) is 8.54. The summed E-state index contributed by atoms with van der Waals surface area (Å²) in [5.74, 6) is 0.00739. The van der Waals surface area contributed by atoms with E-state index in [1.165, 1.54) is 12.5 Å². The minimum absolute atomic E-state index is 0.00206. The smallest absolute Gasteiger partial charge is 0.241 e. The summed E-state index contributed by atoms with van der Waals surface area (Å²) >= 11 is 0. The highest BCUT2D eigenvalue weighted by atomic mass is 32.2. The fourth-order valence-electron chi connectivity index (χ4n) is 3.25. The maximum atomic E-state index is 12.2. The fraction of sp³-hybridized carbons (Fsp3) is 0.350. The molecule has 0 unspecified atom stereocenters. The summed E-state index contributed by atoms with van der Waals surface area (Å²) in [6.07, 6.45) is 5.32. The molecule has 3 N–H and O–H groups in total. The minimum Gasteiger partial charge on any atom is -0.489 e. The number of benzene rings is 2. The number of primary sulfonamides is 1. The summed E-state index contributed by atoms with van der Waals surface area (Å²) in [6, 6.07) is 13.9. The van der Waals surface area contributed by atoms with Crippen molar-refractivity contribution in [3.05, 3.63) is 54.1 Å². The molecule has 2 aromatic carbocycles. The molecule has 1 amide bonds. The van der Waals surface area contributed by atoms with Crippen molar-refractivity contribution in [1.82, 2.24) is 0 Å². The Hall–Kier alpha value is -2.38. The Morgan fingerprint density at radius 2 is 1.78 bits per heavy atom. The van der Waals surface area contributed by atoms with Crippen LogP contribution in [-0.4, -0.2) is 20.4 Å². The second-order valence-electron chi connectivity index (χ2n) is 6.79. The van der Waals surface area contributed by atoms with Gasteiger partial charge in [0, 0.05) is 5.69 Å². The Morgan fingerprint density at radius 3 is 2.44 bits per heavy atom. The Balaban J connectivity index is 1.75. The number of amides is 1. The minimum atomic E-state index is -3.98. The van der Waals surface area contributed by atoms with Gasteiger partial charge in [-0.15, -0.1) is 0 Å². The zero-order chi connectivity index (χ0) is 19.3. The SMILES string of the molecule is NS(=O)(=O)c1cc(NC(=O)Cc2ccccc2)ccc1OC1CCCCC1. The molecule has 1 aliphatic rings. The Morgan fingerprint density at radius 1 is 1.07 bits per heavy atom. The van der Waals surface area contributed by atoms with E-state index in [9.17, 15) is 13.2 Å². The summed E-state index contributed by atoms with van der Waals surface area (Å²) < 4.78 is 29.9. The monoisotopic (exact) mass is 388 g/mol. The lowest BCUT2D eigenvalue weighted by molar-refractivity contribution is -0.115. The first-order valence-electron chi connectivity index (χ1n) is 9.09. The van der Waals surface area contributed by atoms with E-state index in [-0.39, 0.29) is 29.1 Å². The van der Waals surface area contributed by atoms with Crippen LogP contribution in [0.2, 0.25) is 0 Å². The third-order valence-electron chi connectivity index (χ3n) is 4.59. The van der Waals surface area contributed by atoms with Crippen LogP contribution in [0.4, 0.5) is 5.69 Å². The van der Waals surface area contributed by atoms with Crippen molar-refractivity contribution in [3.8, 4) is 5.75 Å². The van der Waals surface area contributed by atoms with Crippen LogP contribution in [0.25, 0.3) is 0 Å². The first kappa shape index (κ1) is 19.4. The zero-order valence-electron chi connectivity index (χ0n) is 15.1. The van der Waals surface area contributed by atoms with E-state index in [1.54, 1.807) is 12.1 Å². The molecule has 2 aromatic rings. The second-order valence-corrected chi connectivity index (χ2v) is 8.32. The van der Waals surface area contributed by atoms with Gasteiger partial charge in [-0.1, -0.05) is 36.8 Å². The molecule has 0 spiro atoms. The van der Waals surface area contributed by atoms with E-state index in [2.05, 4.69) is 5.32 Å². The molecule has 0 aromatic heterocycles. The molecule has 0 heterocycles. The fourth-order valence-corrected chi connectivity index (χ4v) is 3.94. The van der Waals surface area contributed by atoms with E-state index in [1.807, 2.05) is 30.3 Å². The molecule has 6 nitrogen and oxygen atoms in total. The average Bonchev–Trinajstić information content (AvgIpc) is 2.64. The molecule has 27 heavy (non-hydrogen) atoms. The number of sulfonamides is 1. The largest absolute Gasteiger partial charge is 0.489 e. The lowest BCUT2D eigenvalue weighted by atomic mass is 9.98. The molecule has 144 valence electrons. The third-order valence-corrected chi connectivity index (χ3v) is 5.52. The quantitative estimate of drug-likeness (QED) is 0.794. The van der Waals surface area contributed by atoms with Crippen molar-refractivity contribution in [2.45, 2.75) is 49.5 Å². The summed E-state index contributed by atoms with van der Waals surface area (Å²) in [7, 11) is -3.98. The maximum Gasteiger partial charge on any atom is 0.241 e. The van der Waals surface area contributed by atoms with Gasteiger partial charge in [0.1, 0.15) is 10.6 Å². The van der Waals surface area contributed by atoms with Crippen LogP contribution in [0.1, 0.15) is 37.7 Å². The molecule has 0 saturated heterocycles. The van der Waals surface area contributed by atoms with Crippen molar-refractivity contribution in [3.63, 3.8) is 0 Å². The standard InChI is InChI=1S/C20H24N2O4S/c21-27(24,25)19-14-16(22-20(23)13-15-7-3-1-4-8-15)11-12-18(19)26-17-9-5-2-6-10-17/h1,3-4,7-8,11-12,14,17H,2,5-6,9-10,13H2,(H,22,23)(H2,21,24,25). The number of carbonyl (C=O) groups is 1. The van der Waals surface area contributed by atoms with Gasteiger partial charge in [0.2, 0.25) is 15.9 Å². The predicted octanol–water partition coefficient (Wildman–Crippen LogP) is 3.23. The highest BCUT2D eigenvalue weighted by Crippen LogP contribution is 2.30. The zero-order valence-corrected chi connectivity index (χ0v) is 15.9. The van der Waals surface area contributed by atoms with Crippen LogP contribution >= 0.6 is 0 Å². The molecule has 1 aliphatic carbocycles. The van der Waals surface area contributed by atoms with Gasteiger partial charge in [-0.2, -0.15) is 0 Å². The Kier molecular flexibility index (Phi) is 6.13. The summed E-state index contributed by atoms with van der Waals surface area (Å²) in [6.45, 7) is 0. The van der Waals surface area contributed by atoms with Gasteiger partial charge in [-0.25, -0.2) is 13.6 Å². The van der Waals surface area contributed by atoms with Crippen molar-refractivity contribution >= 4 is 21.6 Å². The van der Waals surface area contributed by atoms with Crippen LogP contribution < -0.4 is 15.2 Å². The van der Waals surface area contributed by atoms with Gasteiger partial charge in [-0.3, -0.25) is 4.79 Å². The third kappa shape index (κ3) is 5.55. The number of ether oxygens (including phenoxy) is 1. The number of nitrogens with two attached hydrogens (primary N) is 1. The Bertz CT molecular complexity index is 891. The van der Waals surface area contributed by atoms with Crippen molar-refractivity contribution < 1.29 is 17.9 Å². The van der Waals surface area contributed by atoms with E-state index >= 15 is 0 Å². The highest BCUT2D eigenvalue weighted by Gasteiger charge is 2.21. The molecule has 1 saturated carbocycles. The van der Waals surface area contributed by atoms with Crippen molar-refractivity contribution in [2.24, 2.45) is 5.14 Å². The number of rotatable bonds is 6. The van der Waals surface area contributed by atoms with E-state index < -0.39 is 10.0 Å². The topological polar surface area (TPSA) is 98.5 Å². The molecule has 0 aliphatic heterocycles. The van der Waals surface area contributed by atoms with E-state index in [0.717, 1.165) is 31.2 Å². The summed E-state index contributed by atoms with van der Waals surface area (Å²) in [5, 5.41) is 8.08. The van der Waals surface area contributed by atoms with Crippen LogP contribution in [-0.2, 0) is 21.2 Å². The van der Waals surface area contributed by atoms with Crippen LogP contribution in [0.15, 0.2) is 53.4 Å². The number of hydrogen-bond donors (Lipinski definition) is 2. The molecular formula is C20H24N2O4S. The first-order valence-corrected chi connectivity index (χ1v) is 10.6. The van der Waals surface area contributed by atoms with Gasteiger partial charge < -0.3 is 10.1 Å². The summed E-state index contributed by atoms with van der Waals surface area (Å²) in [4.78, 5) is 12.1. The average molecular weight is 388 g/mol. The molecular weight excluding hydrogens is 364 g/mol. The molecule has 0 atom stereocenters. The first-order chi connectivity index (χ1) is 12.9. The molecule has 3 rings (SSSR count). The number of hydrogen-bond acceptors (Lipinski definition) is 4. The van der Waals surface area contributed by atoms with E-state index in [0.29, 0.717) is 5.69 Å². The van der Waals surface area contributed by atoms with Gasteiger partial charge in [0.15, 0.2) is 0 Å². The molecule has 0 radical (unpaired) electrons. The highest BCUT2D eigenvalue weighted by molar-refractivity contribution is 7.89. The van der Waals surface area contributed by atoms with Crippen LogP contribution in [0, 0.1) is 0 Å². The number of carbonyl (C=O) groups excluding carboxylic acids is 1. The van der Waals surface area contributed by atoms with E-state index in [4.69, 9.17) is 9.88 Å². The van der Waals surface area contributed by atoms with Crippen LogP contribution in [0.3, 0.4) is 0 Å². The van der Waals surface area contributed by atoms with Gasteiger partial charge in [-0.05, 0) is 49.4 Å². The molecule has 1 fully saturated rings. The number of anilines is 1. The normalized spacial score (nSPS) is 15.3. The van der Waals surface area contributed by atoms with Gasteiger partial charge in [0.05, 0.1) is 12.5 Å². The number of nitrogens with one attached hydrogen (secondary N) is 1. The van der Waals surface area contributed by atoms with Crippen molar-refractivity contribution in [1.29, 1.82) is 0 Å². The van der Waals surface area contributed by atoms with Crippen LogP contribution in [0.5, 0.6) is 5.75 Å². The van der Waals surface area contributed by atoms with Gasteiger partial charge in [0.25, 0.3) is 0 Å². The maximum absolute atomic E-state index is 12.2.